The van der Waals surface area contributed by atoms with E-state index < -0.39 is 17.7 Å². The van der Waals surface area contributed by atoms with Crippen LogP contribution in [-0.2, 0) is 20.9 Å². The van der Waals surface area contributed by atoms with Crippen molar-refractivity contribution in [1.29, 1.82) is 0 Å². The molecule has 3 aromatic carbocycles. The van der Waals surface area contributed by atoms with E-state index in [0.29, 0.717) is 44.6 Å². The van der Waals surface area contributed by atoms with Crippen LogP contribution in [0.15, 0.2) is 108 Å². The SMILES string of the molecule is O=C1[C@@H]2[C@@H](CC(COc3ccccc3)=C3[C@@H](CC/C(=C/c4ccc(O)c(F)c4)c4ccccc4)OC[C@@H]32)C(=O)N1Cc1cccs1. The fraction of sp³-hybridized carbons (Fsp3) is 0.263. The van der Waals surface area contributed by atoms with Gasteiger partial charge in [-0.2, -0.15) is 0 Å². The molecule has 0 saturated carbocycles. The summed E-state index contributed by atoms with van der Waals surface area (Å²) in [6.07, 6.45) is 3.42. The Balaban J connectivity index is 1.18. The van der Waals surface area contributed by atoms with Crippen LogP contribution in [-0.4, -0.2) is 41.1 Å². The molecule has 6 nitrogen and oxygen atoms in total. The molecule has 234 valence electrons. The third-order valence-electron chi connectivity index (χ3n) is 9.28. The molecule has 2 aliphatic heterocycles. The molecule has 1 aromatic heterocycles. The molecule has 1 aliphatic carbocycles. The van der Waals surface area contributed by atoms with E-state index in [9.17, 15) is 19.1 Å². The van der Waals surface area contributed by atoms with Crippen molar-refractivity contribution in [2.24, 2.45) is 17.8 Å². The van der Waals surface area contributed by atoms with E-state index in [0.717, 1.165) is 32.9 Å². The number of nitrogens with zero attached hydrogens (tertiary/aromatic N) is 1. The smallest absolute Gasteiger partial charge is 0.234 e. The number of aromatic hydroxyl groups is 1. The number of benzene rings is 3. The van der Waals surface area contributed by atoms with Crippen molar-refractivity contribution < 1.29 is 28.6 Å². The lowest BCUT2D eigenvalue weighted by molar-refractivity contribution is -0.140. The van der Waals surface area contributed by atoms with Crippen LogP contribution in [0, 0.1) is 23.6 Å². The van der Waals surface area contributed by atoms with Gasteiger partial charge in [0, 0.05) is 10.8 Å². The fourth-order valence-corrected chi connectivity index (χ4v) is 7.82. The van der Waals surface area contributed by atoms with Gasteiger partial charge in [0.05, 0.1) is 31.1 Å². The summed E-state index contributed by atoms with van der Waals surface area (Å²) in [5.74, 6) is -1.61. The molecule has 4 aromatic rings. The van der Waals surface area contributed by atoms with Crippen molar-refractivity contribution in [2.75, 3.05) is 13.2 Å². The van der Waals surface area contributed by atoms with E-state index in [-0.39, 0.29) is 29.6 Å². The van der Waals surface area contributed by atoms with Crippen LogP contribution in [0.1, 0.15) is 35.3 Å². The molecular weight excluding hydrogens is 601 g/mol. The number of carbonyl (C=O) groups is 2. The van der Waals surface area contributed by atoms with Gasteiger partial charge in [-0.3, -0.25) is 14.5 Å². The van der Waals surface area contributed by atoms with Crippen LogP contribution in [0.4, 0.5) is 4.39 Å². The molecule has 4 atom stereocenters. The standard InChI is InChI=1S/C38H34FNO5S/c39-32-19-24(13-15-33(32)41)18-26(25-8-3-1-4-9-25)14-16-34-35-27(22-44-28-10-5-2-6-11-28)20-30-36(31(35)23-45-34)38(43)40(37(30)42)21-29-12-7-17-46-29/h1-13,15,17-19,30-31,34,36,41H,14,16,20-23H2/b26-18-/t30-,31+,34-,36-/m1/s1. The number of imide groups is 1. The fourth-order valence-electron chi connectivity index (χ4n) is 7.12. The van der Waals surface area contributed by atoms with Crippen molar-refractivity contribution in [3.8, 4) is 11.5 Å². The van der Waals surface area contributed by atoms with E-state index >= 15 is 0 Å². The second-order valence-corrected chi connectivity index (χ2v) is 13.1. The van der Waals surface area contributed by atoms with Crippen LogP contribution in [0.25, 0.3) is 11.6 Å². The minimum absolute atomic E-state index is 0.112. The Kier molecular flexibility index (Phi) is 8.56. The molecule has 2 fully saturated rings. The molecule has 0 unspecified atom stereocenters. The molecule has 7 rings (SSSR count). The summed E-state index contributed by atoms with van der Waals surface area (Å²) < 4.78 is 26.9. The van der Waals surface area contributed by atoms with Gasteiger partial charge in [-0.25, -0.2) is 4.39 Å². The first-order valence-corrected chi connectivity index (χ1v) is 16.5. The highest BCUT2D eigenvalue weighted by molar-refractivity contribution is 7.09. The number of thiophene rings is 1. The Morgan fingerprint density at radius 2 is 1.76 bits per heavy atom. The van der Waals surface area contributed by atoms with E-state index in [1.165, 1.54) is 17.0 Å². The minimum atomic E-state index is -0.669. The Morgan fingerprint density at radius 3 is 2.50 bits per heavy atom. The number of hydrogen-bond donors (Lipinski definition) is 1. The molecule has 0 bridgehead atoms. The zero-order chi connectivity index (χ0) is 31.6. The molecule has 3 aliphatic rings. The molecule has 1 N–H and O–H groups in total. The molecule has 8 heteroatoms. The first-order valence-electron chi connectivity index (χ1n) is 15.6. The highest BCUT2D eigenvalue weighted by Gasteiger charge is 2.57. The number of amides is 2. The van der Waals surface area contributed by atoms with Crippen molar-refractivity contribution in [3.05, 3.63) is 129 Å². The monoisotopic (exact) mass is 635 g/mol. The number of likely N-dealkylation sites (tertiary alicyclic amines) is 1. The highest BCUT2D eigenvalue weighted by atomic mass is 32.1. The average molecular weight is 636 g/mol. The summed E-state index contributed by atoms with van der Waals surface area (Å²) in [7, 11) is 0. The van der Waals surface area contributed by atoms with Crippen LogP contribution < -0.4 is 4.74 Å². The summed E-state index contributed by atoms with van der Waals surface area (Å²) in [4.78, 5) is 30.0. The molecule has 2 amide bonds. The Labute approximate surface area is 271 Å². The summed E-state index contributed by atoms with van der Waals surface area (Å²) in [6.45, 7) is 0.989. The first kappa shape index (κ1) is 30.1. The molecular formula is C38H34FNO5S. The average Bonchev–Trinajstić information content (AvgIpc) is 3.81. The maximum absolute atomic E-state index is 14.2. The van der Waals surface area contributed by atoms with Crippen molar-refractivity contribution >= 4 is 34.8 Å². The predicted molar refractivity (Wildman–Crippen MR) is 175 cm³/mol. The van der Waals surface area contributed by atoms with Crippen LogP contribution in [0.5, 0.6) is 11.5 Å². The number of carbonyl (C=O) groups excluding carboxylic acids is 2. The van der Waals surface area contributed by atoms with Crippen LogP contribution in [0.2, 0.25) is 0 Å². The number of phenolic OH excluding ortho intramolecular Hbond substituents is 1. The van der Waals surface area contributed by atoms with Gasteiger partial charge in [0.1, 0.15) is 12.4 Å². The second-order valence-electron chi connectivity index (χ2n) is 12.1. The molecule has 0 spiro atoms. The van der Waals surface area contributed by atoms with Gasteiger partial charge < -0.3 is 14.6 Å². The topological polar surface area (TPSA) is 76.1 Å². The highest BCUT2D eigenvalue weighted by Crippen LogP contribution is 2.50. The predicted octanol–water partition coefficient (Wildman–Crippen LogP) is 7.51. The van der Waals surface area contributed by atoms with Gasteiger partial charge in [-0.05, 0) is 82.8 Å². The van der Waals surface area contributed by atoms with Gasteiger partial charge >= 0.3 is 0 Å². The molecule has 46 heavy (non-hydrogen) atoms. The minimum Gasteiger partial charge on any atom is -0.505 e. The number of para-hydroxylation sites is 1. The van der Waals surface area contributed by atoms with Gasteiger partial charge in [0.25, 0.3) is 0 Å². The van der Waals surface area contributed by atoms with E-state index in [1.54, 1.807) is 17.4 Å². The molecule has 3 heterocycles. The maximum atomic E-state index is 14.2. The Bertz CT molecular complexity index is 1790. The zero-order valence-corrected chi connectivity index (χ0v) is 26.0. The second kappa shape index (κ2) is 13.1. The lowest BCUT2D eigenvalue weighted by Gasteiger charge is -2.32. The zero-order valence-electron chi connectivity index (χ0n) is 25.2. The maximum Gasteiger partial charge on any atom is 0.234 e. The van der Waals surface area contributed by atoms with Crippen molar-refractivity contribution in [1.82, 2.24) is 4.90 Å². The van der Waals surface area contributed by atoms with Crippen LogP contribution >= 0.6 is 11.3 Å². The van der Waals surface area contributed by atoms with Crippen molar-refractivity contribution in [3.63, 3.8) is 0 Å². The van der Waals surface area contributed by atoms with Gasteiger partial charge in [0.2, 0.25) is 11.8 Å². The van der Waals surface area contributed by atoms with Crippen LogP contribution in [0.3, 0.4) is 0 Å². The summed E-state index contributed by atoms with van der Waals surface area (Å²) in [6, 6.07) is 27.8. The largest absolute Gasteiger partial charge is 0.505 e. The Hall–Kier alpha value is -4.53. The molecule has 2 saturated heterocycles. The number of allylic oxidation sites excluding steroid dienone is 1. The quantitative estimate of drug-likeness (QED) is 0.111. The number of phenols is 1. The number of ether oxygens (including phenoxy) is 2. The van der Waals surface area contributed by atoms with Gasteiger partial charge in [-0.1, -0.05) is 66.7 Å². The summed E-state index contributed by atoms with van der Waals surface area (Å²) in [5, 5.41) is 11.7. The number of halogens is 1. The van der Waals surface area contributed by atoms with Crippen molar-refractivity contribution in [2.45, 2.75) is 31.9 Å². The third kappa shape index (κ3) is 6.02. The summed E-state index contributed by atoms with van der Waals surface area (Å²) >= 11 is 1.54. The lowest BCUT2D eigenvalue weighted by atomic mass is 9.69. The third-order valence-corrected chi connectivity index (χ3v) is 10.1. The summed E-state index contributed by atoms with van der Waals surface area (Å²) in [5.41, 5.74) is 4.78. The van der Waals surface area contributed by atoms with E-state index in [2.05, 4.69) is 0 Å². The normalized spacial score (nSPS) is 22.7. The van der Waals surface area contributed by atoms with E-state index in [4.69, 9.17) is 9.47 Å². The number of fused-ring (bicyclic) bond motifs is 3. The number of hydrogen-bond acceptors (Lipinski definition) is 6. The first-order chi connectivity index (χ1) is 22.5. The van der Waals surface area contributed by atoms with Gasteiger partial charge in [0.15, 0.2) is 11.6 Å². The number of rotatable bonds is 10. The lowest BCUT2D eigenvalue weighted by Crippen LogP contribution is -2.35. The molecule has 0 radical (unpaired) electrons. The van der Waals surface area contributed by atoms with Gasteiger partial charge in [-0.15, -0.1) is 11.3 Å². The van der Waals surface area contributed by atoms with E-state index in [1.807, 2.05) is 84.3 Å². The Morgan fingerprint density at radius 1 is 0.978 bits per heavy atom.